The van der Waals surface area contributed by atoms with E-state index in [0.29, 0.717) is 11.1 Å². The van der Waals surface area contributed by atoms with E-state index in [4.69, 9.17) is 0 Å². The minimum atomic E-state index is -1.11. The van der Waals surface area contributed by atoms with E-state index in [0.717, 1.165) is 5.52 Å². The molecular weight excluding hydrogens is 299 g/mol. The number of halogens is 1. The van der Waals surface area contributed by atoms with E-state index in [1.807, 2.05) is 0 Å². The molecule has 3 aromatic rings. The number of aliphatic hydroxyl groups is 1. The maximum atomic E-state index is 13.6. The summed E-state index contributed by atoms with van der Waals surface area (Å²) in [6.07, 6.45) is -1.11. The molecule has 7 heteroatoms. The Balaban J connectivity index is 1.69. The Bertz CT molecular complexity index is 862. The summed E-state index contributed by atoms with van der Waals surface area (Å²) in [6.45, 7) is -0.0850. The molecule has 23 heavy (non-hydrogen) atoms. The van der Waals surface area contributed by atoms with E-state index < -0.39 is 11.9 Å². The van der Waals surface area contributed by atoms with E-state index in [1.165, 1.54) is 12.1 Å². The molecule has 1 heterocycles. The summed E-state index contributed by atoms with van der Waals surface area (Å²) in [5.74, 6) is -0.872. The van der Waals surface area contributed by atoms with Crippen molar-refractivity contribution < 1.29 is 14.3 Å². The number of benzene rings is 2. The Morgan fingerprint density at radius 2 is 2.13 bits per heavy atom. The van der Waals surface area contributed by atoms with Crippen LogP contribution in [0.2, 0.25) is 0 Å². The molecule has 3 rings (SSSR count). The first-order valence-electron chi connectivity index (χ1n) is 7.06. The first kappa shape index (κ1) is 15.1. The fraction of sp³-hybridized carbons (Fsp3) is 0.188. The smallest absolute Gasteiger partial charge is 0.251 e. The van der Waals surface area contributed by atoms with Crippen molar-refractivity contribution in [2.75, 3.05) is 6.54 Å². The van der Waals surface area contributed by atoms with E-state index in [2.05, 4.69) is 15.6 Å². The van der Waals surface area contributed by atoms with Crippen LogP contribution >= 0.6 is 0 Å². The molecule has 0 aliphatic rings. The van der Waals surface area contributed by atoms with Crippen LogP contribution in [-0.2, 0) is 7.05 Å². The van der Waals surface area contributed by atoms with Crippen LogP contribution in [0.1, 0.15) is 22.0 Å². The minimum Gasteiger partial charge on any atom is -0.386 e. The molecule has 2 N–H and O–H groups in total. The summed E-state index contributed by atoms with van der Waals surface area (Å²) in [7, 11) is 1.76. The molecule has 0 bridgehead atoms. The Morgan fingerprint density at radius 1 is 1.35 bits per heavy atom. The van der Waals surface area contributed by atoms with Crippen molar-refractivity contribution in [3.63, 3.8) is 0 Å². The lowest BCUT2D eigenvalue weighted by Crippen LogP contribution is -2.28. The molecule has 0 spiro atoms. The Labute approximate surface area is 131 Å². The van der Waals surface area contributed by atoms with Crippen molar-refractivity contribution in [1.29, 1.82) is 0 Å². The third-order valence-electron chi connectivity index (χ3n) is 3.59. The molecule has 0 saturated carbocycles. The second kappa shape index (κ2) is 6.13. The van der Waals surface area contributed by atoms with Crippen molar-refractivity contribution in [3.8, 4) is 0 Å². The topological polar surface area (TPSA) is 80.0 Å². The average Bonchev–Trinajstić information content (AvgIpc) is 2.93. The number of nitrogens with zero attached hydrogens (tertiary/aromatic N) is 3. The molecule has 0 aliphatic heterocycles. The fourth-order valence-corrected chi connectivity index (χ4v) is 2.33. The first-order valence-corrected chi connectivity index (χ1v) is 7.06. The summed E-state index contributed by atoms with van der Waals surface area (Å²) in [4.78, 5) is 12.1. The molecule has 1 amide bonds. The summed E-state index contributed by atoms with van der Waals surface area (Å²) in [5.41, 5.74) is 1.97. The number of aryl methyl sites for hydroxylation is 1. The Kier molecular flexibility index (Phi) is 4.03. The van der Waals surface area contributed by atoms with Crippen molar-refractivity contribution in [3.05, 3.63) is 59.4 Å². The third-order valence-corrected chi connectivity index (χ3v) is 3.59. The van der Waals surface area contributed by atoms with Gasteiger partial charge in [0.05, 0.1) is 11.6 Å². The van der Waals surface area contributed by atoms with Crippen molar-refractivity contribution in [1.82, 2.24) is 20.3 Å². The maximum absolute atomic E-state index is 13.6. The van der Waals surface area contributed by atoms with E-state index >= 15 is 0 Å². The van der Waals surface area contributed by atoms with Gasteiger partial charge in [0.15, 0.2) is 0 Å². The SMILES string of the molecule is Cn1nnc2cc(C(=O)NCC(O)c3ccccc3F)ccc21. The highest BCUT2D eigenvalue weighted by Gasteiger charge is 2.15. The van der Waals surface area contributed by atoms with Crippen molar-refractivity contribution >= 4 is 16.9 Å². The largest absolute Gasteiger partial charge is 0.386 e. The van der Waals surface area contributed by atoms with Crippen molar-refractivity contribution in [2.24, 2.45) is 7.05 Å². The lowest BCUT2D eigenvalue weighted by molar-refractivity contribution is 0.0914. The second-order valence-corrected chi connectivity index (χ2v) is 5.16. The molecular formula is C16H15FN4O2. The number of carbonyl (C=O) groups excluding carboxylic acids is 1. The number of hydrogen-bond acceptors (Lipinski definition) is 4. The van der Waals surface area contributed by atoms with Gasteiger partial charge in [-0.1, -0.05) is 23.4 Å². The number of nitrogens with one attached hydrogen (secondary N) is 1. The van der Waals surface area contributed by atoms with Gasteiger partial charge in [-0.05, 0) is 24.3 Å². The van der Waals surface area contributed by atoms with Gasteiger partial charge in [-0.3, -0.25) is 4.79 Å². The Hall–Kier alpha value is -2.80. The zero-order valence-electron chi connectivity index (χ0n) is 12.4. The predicted octanol–water partition coefficient (Wildman–Crippen LogP) is 1.57. The monoisotopic (exact) mass is 314 g/mol. The summed E-state index contributed by atoms with van der Waals surface area (Å²) < 4.78 is 15.2. The van der Waals surface area contributed by atoms with Crippen LogP contribution in [0.15, 0.2) is 42.5 Å². The van der Waals surface area contributed by atoms with Gasteiger partial charge >= 0.3 is 0 Å². The van der Waals surface area contributed by atoms with Crippen LogP contribution in [0.3, 0.4) is 0 Å². The summed E-state index contributed by atoms with van der Waals surface area (Å²) >= 11 is 0. The first-order chi connectivity index (χ1) is 11.1. The highest BCUT2D eigenvalue weighted by Crippen LogP contribution is 2.16. The van der Waals surface area contributed by atoms with Crippen LogP contribution in [0.5, 0.6) is 0 Å². The second-order valence-electron chi connectivity index (χ2n) is 5.16. The number of hydrogen-bond donors (Lipinski definition) is 2. The molecule has 0 aliphatic carbocycles. The highest BCUT2D eigenvalue weighted by atomic mass is 19.1. The van der Waals surface area contributed by atoms with Gasteiger partial charge in [-0.2, -0.15) is 0 Å². The van der Waals surface area contributed by atoms with Crippen LogP contribution in [0.4, 0.5) is 4.39 Å². The molecule has 0 fully saturated rings. The number of carbonyl (C=O) groups is 1. The quantitative estimate of drug-likeness (QED) is 0.766. The zero-order valence-corrected chi connectivity index (χ0v) is 12.4. The fourth-order valence-electron chi connectivity index (χ4n) is 2.33. The van der Waals surface area contributed by atoms with Crippen molar-refractivity contribution in [2.45, 2.75) is 6.10 Å². The van der Waals surface area contributed by atoms with Crippen LogP contribution in [-0.4, -0.2) is 32.6 Å². The van der Waals surface area contributed by atoms with E-state index in [-0.39, 0.29) is 18.0 Å². The zero-order chi connectivity index (χ0) is 16.4. The number of aromatic nitrogens is 3. The highest BCUT2D eigenvalue weighted by molar-refractivity contribution is 5.97. The number of fused-ring (bicyclic) bond motifs is 1. The van der Waals surface area contributed by atoms with E-state index in [1.54, 1.807) is 42.1 Å². The molecule has 0 saturated heterocycles. The van der Waals surface area contributed by atoms with Crippen LogP contribution < -0.4 is 5.32 Å². The molecule has 1 atom stereocenters. The van der Waals surface area contributed by atoms with Crippen LogP contribution in [0, 0.1) is 5.82 Å². The number of amides is 1. The maximum Gasteiger partial charge on any atom is 0.251 e. The van der Waals surface area contributed by atoms with Gasteiger partial charge in [0, 0.05) is 24.7 Å². The standard InChI is InChI=1S/C16H15FN4O2/c1-21-14-7-6-10(8-13(14)19-20-21)16(23)18-9-15(22)11-4-2-3-5-12(11)17/h2-8,15,22H,9H2,1H3,(H,18,23). The molecule has 2 aromatic carbocycles. The molecule has 1 unspecified atom stereocenters. The summed E-state index contributed by atoms with van der Waals surface area (Å²) in [5, 5.41) is 20.4. The minimum absolute atomic E-state index is 0.0850. The van der Waals surface area contributed by atoms with Gasteiger partial charge in [0.25, 0.3) is 5.91 Å². The summed E-state index contributed by atoms with van der Waals surface area (Å²) in [6, 6.07) is 10.9. The molecule has 0 radical (unpaired) electrons. The third kappa shape index (κ3) is 3.04. The number of rotatable bonds is 4. The van der Waals surface area contributed by atoms with Gasteiger partial charge in [-0.25, -0.2) is 9.07 Å². The van der Waals surface area contributed by atoms with E-state index in [9.17, 15) is 14.3 Å². The molecule has 1 aromatic heterocycles. The normalized spacial score (nSPS) is 12.3. The van der Waals surface area contributed by atoms with Crippen LogP contribution in [0.25, 0.3) is 11.0 Å². The van der Waals surface area contributed by atoms with Gasteiger partial charge in [-0.15, -0.1) is 5.10 Å². The Morgan fingerprint density at radius 3 is 2.91 bits per heavy atom. The van der Waals surface area contributed by atoms with Gasteiger partial charge < -0.3 is 10.4 Å². The predicted molar refractivity (Wildman–Crippen MR) is 82.2 cm³/mol. The number of aliphatic hydroxyl groups excluding tert-OH is 1. The molecule has 6 nitrogen and oxygen atoms in total. The lowest BCUT2D eigenvalue weighted by atomic mass is 10.1. The average molecular weight is 314 g/mol. The van der Waals surface area contributed by atoms with Gasteiger partial charge in [0.1, 0.15) is 11.3 Å². The van der Waals surface area contributed by atoms with Gasteiger partial charge in [0.2, 0.25) is 0 Å². The molecule has 118 valence electrons. The lowest BCUT2D eigenvalue weighted by Gasteiger charge is -2.13.